The average Bonchev–Trinajstić information content (AvgIpc) is 1.96. The fourth-order valence-corrected chi connectivity index (χ4v) is 0.603. The van der Waals surface area contributed by atoms with Crippen molar-refractivity contribution in [1.82, 2.24) is 9.97 Å². The Kier molecular flexibility index (Phi) is 15.3. The first-order chi connectivity index (χ1) is 5.93. The molecule has 0 bridgehead atoms. The Labute approximate surface area is 148 Å². The Hall–Kier alpha value is 2.96. The van der Waals surface area contributed by atoms with Gasteiger partial charge in [-0.3, -0.25) is 4.98 Å². The first kappa shape index (κ1) is 19.3. The van der Waals surface area contributed by atoms with E-state index < -0.39 is 0 Å². The molecule has 0 N–H and O–H groups in total. The smallest absolute Gasteiger partial charge is 0 e. The third-order valence-electron chi connectivity index (χ3n) is 1.24. The molecule has 2 nitrogen and oxygen atoms in total. The summed E-state index contributed by atoms with van der Waals surface area (Å²) in [5.74, 6) is 0. The molecule has 0 fully saturated rings. The van der Waals surface area contributed by atoms with E-state index in [0.29, 0.717) is 0 Å². The number of halogens is 3. The van der Waals surface area contributed by atoms with Crippen LogP contribution in [0.25, 0.3) is 0 Å². The zero-order valence-corrected chi connectivity index (χ0v) is 18.8. The molecule has 0 spiro atoms. The number of rotatable bonds is 0. The van der Waals surface area contributed by atoms with E-state index in [4.69, 9.17) is 0 Å². The number of aromatic nitrogens is 2. The van der Waals surface area contributed by atoms with Crippen molar-refractivity contribution in [3.05, 3.63) is 23.3 Å². The summed E-state index contributed by atoms with van der Waals surface area (Å²) in [6.07, 6.45) is 2.78. The van der Waals surface area contributed by atoms with Crippen LogP contribution in [0.5, 0.6) is 0 Å². The van der Waals surface area contributed by atoms with Gasteiger partial charge in [0.2, 0.25) is 0 Å². The van der Waals surface area contributed by atoms with Crippen LogP contribution in [0.4, 0.5) is 0 Å². The van der Waals surface area contributed by atoms with E-state index in [1.54, 1.807) is 0 Å². The average molecular weight is 642 g/mol. The summed E-state index contributed by atoms with van der Waals surface area (Å²) < 4.78 is 0. The molecule has 0 amide bonds. The minimum atomic E-state index is -0.278. The van der Waals surface area contributed by atoms with E-state index in [-0.39, 0.29) is 37.6 Å². The van der Waals surface area contributed by atoms with Crippen molar-refractivity contribution in [1.29, 1.82) is 0 Å². The number of hydrogen-bond donors (Lipinski definition) is 0. The monoisotopic (exact) mass is 642 g/mol. The van der Waals surface area contributed by atoms with Crippen LogP contribution in [-0.2, 0) is 37.6 Å². The Morgan fingerprint density at radius 2 is 1.50 bits per heavy atom. The fraction of sp³-hybridized carbons (Fsp3) is 0.429. The van der Waals surface area contributed by atoms with Gasteiger partial charge in [0.25, 0.3) is 0 Å². The van der Waals surface area contributed by atoms with E-state index in [2.05, 4.69) is 76.1 Å². The van der Waals surface area contributed by atoms with Gasteiger partial charge < -0.3 is 4.98 Å². The van der Waals surface area contributed by atoms with Gasteiger partial charge in [-0.15, -0.1) is 6.20 Å². The molecule has 0 atom stereocenters. The topological polar surface area (TPSA) is 25.8 Å². The summed E-state index contributed by atoms with van der Waals surface area (Å²) >= 11 is 7.39. The summed E-state index contributed by atoms with van der Waals surface area (Å²) in [6, 6.07) is 0. The molecule has 1 rings (SSSR count). The van der Waals surface area contributed by atoms with Crippen LogP contribution in [-0.4, -0.2) is 9.97 Å². The van der Waals surface area contributed by atoms with Crippen molar-refractivity contribution in [2.45, 2.75) is 20.8 Å². The predicted octanol–water partition coefficient (Wildman–Crippen LogP) is 3.85. The molecule has 14 heavy (non-hydrogen) atoms. The quantitative estimate of drug-likeness (QED) is 0.318. The van der Waals surface area contributed by atoms with Crippen LogP contribution < -0.4 is 0 Å². The van der Waals surface area contributed by atoms with Crippen molar-refractivity contribution >= 4 is 59.9 Å². The van der Waals surface area contributed by atoms with Gasteiger partial charge in [-0.2, -0.15) is 0 Å². The van der Waals surface area contributed by atoms with Crippen molar-refractivity contribution in [3.8, 4) is 0 Å². The number of nitrogens with zero attached hydrogens (tertiary/aromatic N) is 2. The van der Waals surface area contributed by atoms with E-state index in [1.807, 2.05) is 20.8 Å². The van der Waals surface area contributed by atoms with Crippen molar-refractivity contribution in [2.24, 2.45) is 0 Å². The van der Waals surface area contributed by atoms with Gasteiger partial charge >= 0.3 is 64.9 Å². The molecule has 0 aromatic carbocycles. The van der Waals surface area contributed by atoms with Gasteiger partial charge in [0, 0.05) is 32.7 Å². The Balaban J connectivity index is 0. The molecule has 0 saturated heterocycles. The molecule has 7 heteroatoms. The standard InChI is InChI=1S/C7H9N2.3HI.V.Y/c1-5-4-8-6(2)7(3)9-5;;;;;/h1-3H3;3*1H;;/q-1;;;;+3;/p-3. The van der Waals surface area contributed by atoms with Crippen LogP contribution in [0.2, 0.25) is 0 Å². The van der Waals surface area contributed by atoms with Crippen molar-refractivity contribution in [3.63, 3.8) is 0 Å². The Morgan fingerprint density at radius 3 is 1.79 bits per heavy atom. The van der Waals surface area contributed by atoms with Gasteiger partial charge in [-0.25, -0.2) is 0 Å². The normalized spacial score (nSPS) is 8.79. The molecule has 1 aromatic rings. The Morgan fingerprint density at radius 1 is 1.07 bits per heavy atom. The second kappa shape index (κ2) is 11.1. The molecule has 0 saturated carbocycles. The maximum absolute atomic E-state index is 4.16. The van der Waals surface area contributed by atoms with E-state index in [0.717, 1.165) is 17.1 Å². The summed E-state index contributed by atoms with van der Waals surface area (Å²) in [5, 5.41) is 0. The van der Waals surface area contributed by atoms with Gasteiger partial charge in [0.15, 0.2) is 0 Å². The van der Waals surface area contributed by atoms with Crippen LogP contribution in [0, 0.1) is 27.0 Å². The van der Waals surface area contributed by atoms with E-state index >= 15 is 0 Å². The zero-order chi connectivity index (χ0) is 10.4. The Bertz CT molecular complexity index is 270. The first-order valence-electron chi connectivity index (χ1n) is 3.40. The summed E-state index contributed by atoms with van der Waals surface area (Å²) in [6.45, 7) is 5.76. The molecule has 0 aliphatic heterocycles. The summed E-state index contributed by atoms with van der Waals surface area (Å²) in [4.78, 5) is 7.87. The van der Waals surface area contributed by atoms with Gasteiger partial charge in [-0.05, 0) is 25.2 Å². The molecular formula is C7H9I3N2VY-. The van der Waals surface area contributed by atoms with Crippen LogP contribution >= 0.6 is 59.9 Å². The SMILES string of the molecule is Cc1[c-]nc(C)c(C)n1.[I][V]([I])[I].[Y]. The molecule has 0 unspecified atom stereocenters. The maximum Gasteiger partial charge on any atom is 0 e. The second-order valence-electron chi connectivity index (χ2n) is 2.28. The van der Waals surface area contributed by atoms with Crippen LogP contribution in [0.3, 0.4) is 0 Å². The zero-order valence-electron chi connectivity index (χ0n) is 8.05. The first-order valence-corrected chi connectivity index (χ1v) is 16.9. The summed E-state index contributed by atoms with van der Waals surface area (Å²) in [7, 11) is 0. The van der Waals surface area contributed by atoms with Crippen LogP contribution in [0.15, 0.2) is 0 Å². The minimum absolute atomic E-state index is 0. The van der Waals surface area contributed by atoms with Crippen LogP contribution in [0.1, 0.15) is 17.1 Å². The molecule has 1 aromatic heterocycles. The summed E-state index contributed by atoms with van der Waals surface area (Å²) in [5.41, 5.74) is 2.81. The number of hydrogen-bond acceptors (Lipinski definition) is 2. The van der Waals surface area contributed by atoms with Crippen molar-refractivity contribution < 1.29 is 37.6 Å². The molecule has 77 valence electrons. The molecule has 1 heterocycles. The molecular weight excluding hydrogens is 633 g/mol. The van der Waals surface area contributed by atoms with Gasteiger partial charge in [0.1, 0.15) is 0 Å². The molecule has 0 aliphatic rings. The fourth-order valence-electron chi connectivity index (χ4n) is 0.603. The van der Waals surface area contributed by atoms with E-state index in [9.17, 15) is 0 Å². The molecule has 0 aliphatic carbocycles. The van der Waals surface area contributed by atoms with Gasteiger partial charge in [0.05, 0.1) is 0 Å². The third-order valence-corrected chi connectivity index (χ3v) is 1.24. The van der Waals surface area contributed by atoms with E-state index in [1.165, 1.54) is 0 Å². The largest absolute Gasteiger partial charge is 0 e. The second-order valence-corrected chi connectivity index (χ2v) is 37.7. The minimum Gasteiger partial charge on any atom is 0 e. The third kappa shape index (κ3) is 11.4. The van der Waals surface area contributed by atoms with Gasteiger partial charge in [-0.1, -0.05) is 12.6 Å². The maximum atomic E-state index is 4.16. The molecule has 1 radical (unpaired) electrons. The van der Waals surface area contributed by atoms with Crippen molar-refractivity contribution in [2.75, 3.05) is 0 Å². The number of aryl methyl sites for hydroxylation is 3. The predicted molar refractivity (Wildman–Crippen MR) is 77.1 cm³/mol.